The van der Waals surface area contributed by atoms with Gasteiger partial charge in [-0.15, -0.1) is 11.3 Å². The lowest BCUT2D eigenvalue weighted by atomic mass is 10.2. The van der Waals surface area contributed by atoms with E-state index in [1.54, 1.807) is 6.07 Å². The minimum atomic E-state index is -3.43. The molecule has 96 valence electrons. The average Bonchev–Trinajstić information content (AvgIpc) is 2.78. The number of hydrogen-bond donors (Lipinski definition) is 1. The van der Waals surface area contributed by atoms with Crippen LogP contribution in [0.25, 0.3) is 0 Å². The molecule has 0 spiro atoms. The molecular weight excluding hydrogens is 290 g/mol. The van der Waals surface area contributed by atoms with E-state index in [0.29, 0.717) is 17.3 Å². The highest BCUT2D eigenvalue weighted by atomic mass is 35.5. The molecular formula is C12H12ClNO2S2. The van der Waals surface area contributed by atoms with Crippen molar-refractivity contribution < 1.29 is 8.42 Å². The Balaban J connectivity index is 1.94. The predicted molar refractivity (Wildman–Crippen MR) is 74.7 cm³/mol. The molecule has 3 nitrogen and oxygen atoms in total. The zero-order chi connectivity index (χ0) is 13.0. The van der Waals surface area contributed by atoms with Gasteiger partial charge in [0.25, 0.3) is 0 Å². The van der Waals surface area contributed by atoms with Gasteiger partial charge >= 0.3 is 0 Å². The molecule has 0 bridgehead atoms. The molecule has 0 saturated carbocycles. The molecule has 0 unspecified atom stereocenters. The molecule has 0 fully saturated rings. The van der Waals surface area contributed by atoms with E-state index in [9.17, 15) is 8.42 Å². The summed E-state index contributed by atoms with van der Waals surface area (Å²) in [7, 11) is -3.43. The van der Waals surface area contributed by atoms with E-state index in [4.69, 9.17) is 11.6 Å². The van der Waals surface area contributed by atoms with Crippen LogP contribution >= 0.6 is 22.9 Å². The first-order valence-electron chi connectivity index (χ1n) is 5.37. The van der Waals surface area contributed by atoms with Crippen molar-refractivity contribution in [1.29, 1.82) is 0 Å². The maximum atomic E-state index is 11.9. The molecule has 1 heterocycles. The SMILES string of the molecule is O=S(=O)(NCCc1ccccc1)c1ccc(Cl)s1. The standard InChI is InChI=1S/C12H12ClNO2S2/c13-11-6-7-12(17-11)18(15,16)14-9-8-10-4-2-1-3-5-10/h1-7,14H,8-9H2. The van der Waals surface area contributed by atoms with E-state index in [2.05, 4.69) is 4.72 Å². The Morgan fingerprint density at radius 3 is 2.44 bits per heavy atom. The van der Waals surface area contributed by atoms with Crippen LogP contribution in [0, 0.1) is 0 Å². The van der Waals surface area contributed by atoms with E-state index in [1.807, 2.05) is 30.3 Å². The van der Waals surface area contributed by atoms with Crippen LogP contribution in [0.2, 0.25) is 4.34 Å². The molecule has 0 aliphatic rings. The van der Waals surface area contributed by atoms with Crippen molar-refractivity contribution in [1.82, 2.24) is 4.72 Å². The fourth-order valence-electron chi connectivity index (χ4n) is 1.49. The van der Waals surface area contributed by atoms with Crippen LogP contribution in [0.5, 0.6) is 0 Å². The molecule has 0 aliphatic heterocycles. The molecule has 0 amide bonds. The van der Waals surface area contributed by atoms with Gasteiger partial charge in [0, 0.05) is 6.54 Å². The van der Waals surface area contributed by atoms with Gasteiger partial charge < -0.3 is 0 Å². The normalized spacial score (nSPS) is 11.6. The van der Waals surface area contributed by atoms with E-state index < -0.39 is 10.0 Å². The van der Waals surface area contributed by atoms with Gasteiger partial charge in [0.15, 0.2) is 0 Å². The lowest BCUT2D eigenvalue weighted by Gasteiger charge is -2.04. The van der Waals surface area contributed by atoms with Gasteiger partial charge in [-0.1, -0.05) is 41.9 Å². The second kappa shape index (κ2) is 5.84. The average molecular weight is 302 g/mol. The van der Waals surface area contributed by atoms with Gasteiger partial charge in [-0.3, -0.25) is 0 Å². The lowest BCUT2D eigenvalue weighted by molar-refractivity contribution is 0.584. The third-order valence-corrected chi connectivity index (χ3v) is 5.55. The van der Waals surface area contributed by atoms with Crippen LogP contribution in [0.4, 0.5) is 0 Å². The van der Waals surface area contributed by atoms with Crippen LogP contribution in [0.15, 0.2) is 46.7 Å². The van der Waals surface area contributed by atoms with E-state index in [-0.39, 0.29) is 4.21 Å². The Morgan fingerprint density at radius 2 is 1.83 bits per heavy atom. The van der Waals surface area contributed by atoms with Gasteiger partial charge in [0.2, 0.25) is 10.0 Å². The summed E-state index contributed by atoms with van der Waals surface area (Å²) in [5, 5.41) is 0. The molecule has 0 atom stereocenters. The van der Waals surface area contributed by atoms with E-state index >= 15 is 0 Å². The van der Waals surface area contributed by atoms with E-state index in [0.717, 1.165) is 16.9 Å². The highest BCUT2D eigenvalue weighted by Gasteiger charge is 2.15. The largest absolute Gasteiger partial charge is 0.250 e. The minimum absolute atomic E-state index is 0.251. The van der Waals surface area contributed by atoms with Gasteiger partial charge in [-0.2, -0.15) is 0 Å². The molecule has 0 saturated heterocycles. The highest BCUT2D eigenvalue weighted by molar-refractivity contribution is 7.91. The first-order valence-corrected chi connectivity index (χ1v) is 8.04. The Labute approximate surface area is 115 Å². The zero-order valence-corrected chi connectivity index (χ0v) is 11.9. The quantitative estimate of drug-likeness (QED) is 0.923. The van der Waals surface area contributed by atoms with Crippen LogP contribution < -0.4 is 4.72 Å². The smallest absolute Gasteiger partial charge is 0.210 e. The predicted octanol–water partition coefficient (Wildman–Crippen LogP) is 2.92. The summed E-state index contributed by atoms with van der Waals surface area (Å²) in [4.78, 5) is 0. The maximum Gasteiger partial charge on any atom is 0.250 e. The number of hydrogen-bond acceptors (Lipinski definition) is 3. The molecule has 2 aromatic rings. The molecule has 1 N–H and O–H groups in total. The highest BCUT2D eigenvalue weighted by Crippen LogP contribution is 2.25. The Bertz CT molecular complexity index is 608. The summed E-state index contributed by atoms with van der Waals surface area (Å²) in [5.41, 5.74) is 1.10. The van der Waals surface area contributed by atoms with Gasteiger partial charge in [-0.25, -0.2) is 13.1 Å². The van der Waals surface area contributed by atoms with Crippen molar-refractivity contribution in [3.05, 3.63) is 52.4 Å². The summed E-state index contributed by atoms with van der Waals surface area (Å²) in [5.74, 6) is 0. The summed E-state index contributed by atoms with van der Waals surface area (Å²) < 4.78 is 27.0. The lowest BCUT2D eigenvalue weighted by Crippen LogP contribution is -2.25. The second-order valence-corrected chi connectivity index (χ2v) is 7.40. The Kier molecular flexibility index (Phi) is 4.40. The fraction of sp³-hybridized carbons (Fsp3) is 0.167. The summed E-state index contributed by atoms with van der Waals surface area (Å²) in [6, 6.07) is 12.8. The van der Waals surface area contributed by atoms with E-state index in [1.165, 1.54) is 6.07 Å². The van der Waals surface area contributed by atoms with Crippen molar-refractivity contribution in [2.24, 2.45) is 0 Å². The van der Waals surface area contributed by atoms with Gasteiger partial charge in [-0.05, 0) is 24.1 Å². The van der Waals surface area contributed by atoms with Crippen molar-refractivity contribution in [3.8, 4) is 0 Å². The maximum absolute atomic E-state index is 11.9. The fourth-order valence-corrected chi connectivity index (χ4v) is 4.05. The number of halogens is 1. The van der Waals surface area contributed by atoms with Crippen molar-refractivity contribution in [3.63, 3.8) is 0 Å². The monoisotopic (exact) mass is 301 g/mol. The molecule has 0 aliphatic carbocycles. The number of rotatable bonds is 5. The molecule has 6 heteroatoms. The number of benzene rings is 1. The summed E-state index contributed by atoms with van der Waals surface area (Å²) in [6.45, 7) is 0.377. The van der Waals surface area contributed by atoms with Crippen LogP contribution in [0.3, 0.4) is 0 Å². The number of thiophene rings is 1. The number of nitrogens with one attached hydrogen (secondary N) is 1. The first kappa shape index (κ1) is 13.5. The molecule has 1 aromatic heterocycles. The second-order valence-electron chi connectivity index (χ2n) is 3.69. The zero-order valence-electron chi connectivity index (χ0n) is 9.47. The minimum Gasteiger partial charge on any atom is -0.210 e. The third kappa shape index (κ3) is 3.55. The first-order chi connectivity index (χ1) is 8.58. The topological polar surface area (TPSA) is 46.2 Å². The van der Waals surface area contributed by atoms with Crippen LogP contribution in [-0.4, -0.2) is 15.0 Å². The molecule has 18 heavy (non-hydrogen) atoms. The van der Waals surface area contributed by atoms with Crippen LogP contribution in [-0.2, 0) is 16.4 Å². The summed E-state index contributed by atoms with van der Waals surface area (Å²) >= 11 is 6.78. The Hall–Kier alpha value is -0.880. The van der Waals surface area contributed by atoms with Crippen molar-refractivity contribution >= 4 is 33.0 Å². The van der Waals surface area contributed by atoms with Gasteiger partial charge in [0.05, 0.1) is 4.34 Å². The van der Waals surface area contributed by atoms with Crippen molar-refractivity contribution in [2.45, 2.75) is 10.6 Å². The third-order valence-electron chi connectivity index (χ3n) is 2.36. The number of sulfonamides is 1. The van der Waals surface area contributed by atoms with Crippen LogP contribution in [0.1, 0.15) is 5.56 Å². The molecule has 1 aromatic carbocycles. The van der Waals surface area contributed by atoms with Gasteiger partial charge in [0.1, 0.15) is 4.21 Å². The Morgan fingerprint density at radius 1 is 1.11 bits per heavy atom. The van der Waals surface area contributed by atoms with Crippen molar-refractivity contribution in [2.75, 3.05) is 6.54 Å². The molecule has 2 rings (SSSR count). The summed E-state index contributed by atoms with van der Waals surface area (Å²) in [6.07, 6.45) is 0.666. The molecule has 0 radical (unpaired) electrons.